The van der Waals surface area contributed by atoms with Gasteiger partial charge in [-0.15, -0.1) is 11.8 Å². The Hall–Kier alpha value is -1.74. The third kappa shape index (κ3) is 1.32. The van der Waals surface area contributed by atoms with Gasteiger partial charge in [-0.2, -0.15) is 0 Å². The fraction of sp³-hybridized carbons (Fsp3) is 0.0714. The normalized spacial score (nSPS) is 12.4. The molecular weight excluding hydrogens is 230 g/mol. The molecule has 0 fully saturated rings. The summed E-state index contributed by atoms with van der Waals surface area (Å²) in [4.78, 5) is 13.2. The molecule has 0 atom stereocenters. The highest BCUT2D eigenvalue weighted by molar-refractivity contribution is 7.98. The van der Waals surface area contributed by atoms with E-state index >= 15 is 0 Å². The summed E-state index contributed by atoms with van der Waals surface area (Å²) in [5, 5.41) is 0. The third-order valence-electron chi connectivity index (χ3n) is 3.08. The molecule has 2 aromatic carbocycles. The van der Waals surface area contributed by atoms with E-state index in [1.165, 1.54) is 11.8 Å². The lowest BCUT2D eigenvalue weighted by atomic mass is 10.1. The second-order valence-corrected chi connectivity index (χ2v) is 4.80. The number of nitrogens with two attached hydrogens (primary N) is 1. The molecule has 2 N–H and O–H groups in total. The summed E-state index contributed by atoms with van der Waals surface area (Å²) in [6.45, 7) is 0. The highest BCUT2D eigenvalue weighted by Gasteiger charge is 2.29. The van der Waals surface area contributed by atoms with Crippen molar-refractivity contribution in [3.05, 3.63) is 47.5 Å². The topological polar surface area (TPSA) is 43.1 Å². The van der Waals surface area contributed by atoms with Crippen molar-refractivity contribution in [2.45, 2.75) is 4.90 Å². The molecule has 0 heterocycles. The monoisotopic (exact) mass is 241 g/mol. The van der Waals surface area contributed by atoms with Gasteiger partial charge in [-0.1, -0.05) is 30.3 Å². The maximum Gasteiger partial charge on any atom is 0.195 e. The van der Waals surface area contributed by atoms with Crippen LogP contribution in [0.2, 0.25) is 0 Å². The van der Waals surface area contributed by atoms with Gasteiger partial charge in [0.25, 0.3) is 0 Å². The minimum absolute atomic E-state index is 0.0900. The zero-order chi connectivity index (χ0) is 12.0. The number of nitrogen functional groups attached to an aromatic ring is 1. The lowest BCUT2D eigenvalue weighted by Gasteiger charge is -2.07. The molecule has 3 heteroatoms. The summed E-state index contributed by atoms with van der Waals surface area (Å²) in [5.74, 6) is 0.0900. The van der Waals surface area contributed by atoms with E-state index in [2.05, 4.69) is 0 Å². The Bertz CT molecular complexity index is 634. The number of rotatable bonds is 1. The highest BCUT2D eigenvalue weighted by Crippen LogP contribution is 2.42. The first-order valence-corrected chi connectivity index (χ1v) is 6.57. The summed E-state index contributed by atoms with van der Waals surface area (Å²) >= 11 is 1.53. The molecule has 2 aromatic rings. The van der Waals surface area contributed by atoms with Crippen molar-refractivity contribution in [3.8, 4) is 11.1 Å². The second kappa shape index (κ2) is 3.64. The maximum atomic E-state index is 12.4. The standard InChI is InChI=1S/C14H11NOS/c1-17-14-11(15)7-6-9-8-4-2-3-5-10(8)13(16)12(9)14/h2-7H,15H2,1H3. The molecule has 0 unspecified atom stereocenters. The predicted molar refractivity (Wildman–Crippen MR) is 71.5 cm³/mol. The summed E-state index contributed by atoms with van der Waals surface area (Å²) in [6, 6.07) is 11.5. The van der Waals surface area contributed by atoms with E-state index in [1.807, 2.05) is 42.7 Å². The van der Waals surface area contributed by atoms with Crippen LogP contribution in [0.3, 0.4) is 0 Å². The van der Waals surface area contributed by atoms with Crippen LogP contribution in [-0.4, -0.2) is 12.0 Å². The highest BCUT2D eigenvalue weighted by atomic mass is 32.2. The molecule has 0 radical (unpaired) electrons. The van der Waals surface area contributed by atoms with Gasteiger partial charge >= 0.3 is 0 Å². The van der Waals surface area contributed by atoms with Crippen LogP contribution in [0.4, 0.5) is 5.69 Å². The maximum absolute atomic E-state index is 12.4. The quantitative estimate of drug-likeness (QED) is 0.525. The van der Waals surface area contributed by atoms with Crippen molar-refractivity contribution in [3.63, 3.8) is 0 Å². The molecule has 2 nitrogen and oxygen atoms in total. The van der Waals surface area contributed by atoms with Crippen LogP contribution in [0.15, 0.2) is 41.3 Å². The SMILES string of the molecule is CSc1c(N)ccc2c1C(=O)c1ccccc1-2. The Morgan fingerprint density at radius 2 is 1.71 bits per heavy atom. The number of hydrogen-bond acceptors (Lipinski definition) is 3. The van der Waals surface area contributed by atoms with Crippen LogP contribution >= 0.6 is 11.8 Å². The fourth-order valence-corrected chi connectivity index (χ4v) is 3.03. The van der Waals surface area contributed by atoms with E-state index in [0.29, 0.717) is 5.69 Å². The first-order valence-electron chi connectivity index (χ1n) is 5.34. The molecule has 0 aliphatic heterocycles. The molecule has 84 valence electrons. The van der Waals surface area contributed by atoms with Crippen LogP contribution < -0.4 is 5.73 Å². The van der Waals surface area contributed by atoms with Crippen molar-refractivity contribution in [1.29, 1.82) is 0 Å². The molecule has 1 aliphatic rings. The van der Waals surface area contributed by atoms with E-state index in [1.54, 1.807) is 0 Å². The van der Waals surface area contributed by atoms with E-state index < -0.39 is 0 Å². The van der Waals surface area contributed by atoms with Gasteiger partial charge in [-0.3, -0.25) is 4.79 Å². The van der Waals surface area contributed by atoms with Gasteiger partial charge in [-0.25, -0.2) is 0 Å². The van der Waals surface area contributed by atoms with Crippen LogP contribution in [0.5, 0.6) is 0 Å². The number of ketones is 1. The van der Waals surface area contributed by atoms with Gasteiger partial charge in [0.1, 0.15) is 0 Å². The fourth-order valence-electron chi connectivity index (χ4n) is 2.32. The van der Waals surface area contributed by atoms with Gasteiger partial charge in [0.2, 0.25) is 0 Å². The van der Waals surface area contributed by atoms with Gasteiger partial charge < -0.3 is 5.73 Å². The molecule has 0 bridgehead atoms. The summed E-state index contributed by atoms with van der Waals surface area (Å²) in [5.41, 5.74) is 10.2. The zero-order valence-corrected chi connectivity index (χ0v) is 10.2. The Morgan fingerprint density at radius 1 is 1.00 bits per heavy atom. The smallest absolute Gasteiger partial charge is 0.195 e. The summed E-state index contributed by atoms with van der Waals surface area (Å²) in [6.07, 6.45) is 1.95. The first-order chi connectivity index (χ1) is 8.24. The molecule has 3 rings (SSSR count). The van der Waals surface area contributed by atoms with E-state index in [-0.39, 0.29) is 5.78 Å². The number of carbonyl (C=O) groups excluding carboxylic acids is 1. The van der Waals surface area contributed by atoms with Crippen LogP contribution in [0, 0.1) is 0 Å². The first kappa shape index (κ1) is 10.4. The minimum atomic E-state index is 0.0900. The Balaban J connectivity index is 2.38. The predicted octanol–water partition coefficient (Wildman–Crippen LogP) is 3.20. The molecule has 17 heavy (non-hydrogen) atoms. The van der Waals surface area contributed by atoms with Crippen LogP contribution in [0.1, 0.15) is 15.9 Å². The molecule has 0 saturated carbocycles. The summed E-state index contributed by atoms with van der Waals surface area (Å²) in [7, 11) is 0. The lowest BCUT2D eigenvalue weighted by Crippen LogP contribution is -2.00. The van der Waals surface area contributed by atoms with Gasteiger partial charge in [0, 0.05) is 21.7 Å². The molecule has 0 saturated heterocycles. The van der Waals surface area contributed by atoms with Crippen molar-refractivity contribution in [2.75, 3.05) is 12.0 Å². The number of hydrogen-bond donors (Lipinski definition) is 1. The number of thioether (sulfide) groups is 1. The van der Waals surface area contributed by atoms with Gasteiger partial charge in [0.05, 0.1) is 0 Å². The van der Waals surface area contributed by atoms with Crippen LogP contribution in [0.25, 0.3) is 11.1 Å². The average Bonchev–Trinajstić information content (AvgIpc) is 2.64. The number of benzene rings is 2. The van der Waals surface area contributed by atoms with Crippen LogP contribution in [-0.2, 0) is 0 Å². The largest absolute Gasteiger partial charge is 0.398 e. The zero-order valence-electron chi connectivity index (χ0n) is 9.36. The van der Waals surface area contributed by atoms with Gasteiger partial charge in [0.15, 0.2) is 5.78 Å². The number of carbonyl (C=O) groups is 1. The minimum Gasteiger partial charge on any atom is -0.398 e. The molecular formula is C14H11NOS. The number of anilines is 1. The number of fused-ring (bicyclic) bond motifs is 3. The average molecular weight is 241 g/mol. The van der Waals surface area contributed by atoms with E-state index in [4.69, 9.17) is 5.73 Å². The van der Waals surface area contributed by atoms with Crippen molar-refractivity contribution >= 4 is 23.2 Å². The third-order valence-corrected chi connectivity index (χ3v) is 3.93. The lowest BCUT2D eigenvalue weighted by molar-refractivity contribution is 0.104. The summed E-state index contributed by atoms with van der Waals surface area (Å²) < 4.78 is 0. The molecule has 0 spiro atoms. The molecule has 0 amide bonds. The molecule has 1 aliphatic carbocycles. The van der Waals surface area contributed by atoms with Gasteiger partial charge in [-0.05, 0) is 23.4 Å². The van der Waals surface area contributed by atoms with Crippen molar-refractivity contribution in [1.82, 2.24) is 0 Å². The Labute approximate surface area is 104 Å². The second-order valence-electron chi connectivity index (χ2n) is 3.99. The Morgan fingerprint density at radius 3 is 2.41 bits per heavy atom. The van der Waals surface area contributed by atoms with Crippen molar-refractivity contribution < 1.29 is 4.79 Å². The Kier molecular flexibility index (Phi) is 2.23. The van der Waals surface area contributed by atoms with E-state index in [0.717, 1.165) is 27.1 Å². The molecule has 0 aromatic heterocycles. The van der Waals surface area contributed by atoms with E-state index in [9.17, 15) is 4.79 Å². The van der Waals surface area contributed by atoms with Crippen molar-refractivity contribution in [2.24, 2.45) is 0 Å².